The molecule has 0 amide bonds. The Labute approximate surface area is 199 Å². The Morgan fingerprint density at radius 3 is 2.65 bits per heavy atom. The van der Waals surface area contributed by atoms with Crippen molar-refractivity contribution in [3.8, 4) is 12.0 Å². The molecule has 1 atom stereocenters. The van der Waals surface area contributed by atoms with Crippen LogP contribution in [-0.4, -0.2) is 65.5 Å². The van der Waals surface area contributed by atoms with Crippen LogP contribution in [0.5, 0.6) is 0 Å². The summed E-state index contributed by atoms with van der Waals surface area (Å²) in [5, 5.41) is 34.9. The predicted molar refractivity (Wildman–Crippen MR) is 128 cm³/mol. The lowest BCUT2D eigenvalue weighted by Gasteiger charge is -2.25. The second-order valence-electron chi connectivity index (χ2n) is 8.16. The highest BCUT2D eigenvalue weighted by Gasteiger charge is 2.26. The van der Waals surface area contributed by atoms with Crippen molar-refractivity contribution in [1.29, 1.82) is 10.5 Å². The summed E-state index contributed by atoms with van der Waals surface area (Å²) >= 11 is 0. The first kappa shape index (κ1) is 25.0. The first-order valence-electron chi connectivity index (χ1n) is 11.4. The van der Waals surface area contributed by atoms with E-state index in [4.69, 9.17) is 15.3 Å². The number of carbonyl (C=O) groups excluding carboxylic acids is 1. The third-order valence-electron chi connectivity index (χ3n) is 5.79. The number of aldehydes is 1. The molecule has 3 N–H and O–H groups in total. The summed E-state index contributed by atoms with van der Waals surface area (Å²) in [6.45, 7) is 0.976. The third-order valence-corrected chi connectivity index (χ3v) is 5.79. The Morgan fingerprint density at radius 2 is 2.03 bits per heavy atom. The van der Waals surface area contributed by atoms with Crippen LogP contribution in [0.3, 0.4) is 0 Å². The van der Waals surface area contributed by atoms with E-state index in [0.717, 1.165) is 12.4 Å². The van der Waals surface area contributed by atoms with Crippen LogP contribution in [0.15, 0.2) is 18.5 Å². The number of anilines is 3. The van der Waals surface area contributed by atoms with Gasteiger partial charge in [-0.1, -0.05) is 12.8 Å². The van der Waals surface area contributed by atoms with Crippen LogP contribution in [0, 0.1) is 22.6 Å². The quantitative estimate of drug-likeness (QED) is 0.409. The standard InChI is InChI=1S/C16H15BN8O2.C6H13N/c18-5-11-6-22-16(8-20-11)23-15-3-13(14(9-26)24-25-15)21-7-12-4-17(10-19)1-2-27-12;1-7-6-4-2-3-5-6/h3,6,8-9,12H,1-2,4,7H2,(H2,21,22,23,25);6-7H,2-5H2,1H3. The second-order valence-corrected chi connectivity index (χ2v) is 8.16. The van der Waals surface area contributed by atoms with Gasteiger partial charge >= 0.3 is 0 Å². The lowest BCUT2D eigenvalue weighted by Crippen LogP contribution is -2.34. The summed E-state index contributed by atoms with van der Waals surface area (Å²) in [7, 11) is 2.05. The summed E-state index contributed by atoms with van der Waals surface area (Å²) < 4.78 is 5.65. The average Bonchev–Trinajstić information content (AvgIpc) is 3.43. The zero-order chi connectivity index (χ0) is 24.2. The normalized spacial score (nSPS) is 17.6. The van der Waals surface area contributed by atoms with E-state index in [1.165, 1.54) is 38.1 Å². The number of hydrogen-bond donors (Lipinski definition) is 3. The molecule has 2 aromatic heterocycles. The molecule has 2 aliphatic rings. The van der Waals surface area contributed by atoms with Crippen LogP contribution in [0.2, 0.25) is 12.6 Å². The summed E-state index contributed by atoms with van der Waals surface area (Å²) in [4.78, 5) is 19.2. The molecule has 1 unspecified atom stereocenters. The SMILES string of the molecule is CNC1CCCC1.N#CB1CCOC(CNc2cc(Nc3cnc(C#N)cn3)nnc2C=O)C1. The van der Waals surface area contributed by atoms with Gasteiger partial charge in [-0.25, -0.2) is 15.2 Å². The van der Waals surface area contributed by atoms with E-state index < -0.39 is 0 Å². The van der Waals surface area contributed by atoms with Crippen LogP contribution in [0.4, 0.5) is 17.3 Å². The van der Waals surface area contributed by atoms with Gasteiger partial charge in [0.15, 0.2) is 17.8 Å². The monoisotopic (exact) mass is 461 g/mol. The van der Waals surface area contributed by atoms with Gasteiger partial charge < -0.3 is 20.7 Å². The fraction of sp³-hybridized carbons (Fsp3) is 0.500. The van der Waals surface area contributed by atoms with Crippen molar-refractivity contribution in [2.45, 2.75) is 50.5 Å². The minimum Gasteiger partial charge on any atom is -0.380 e. The minimum atomic E-state index is -0.114. The van der Waals surface area contributed by atoms with Crippen molar-refractivity contribution >= 4 is 30.3 Å². The van der Waals surface area contributed by atoms with Crippen LogP contribution in [0.25, 0.3) is 0 Å². The smallest absolute Gasteiger partial charge is 0.272 e. The number of carbonyl (C=O) groups is 1. The molecule has 0 aromatic carbocycles. The number of nitrogens with zero attached hydrogens (tertiary/aromatic N) is 6. The largest absolute Gasteiger partial charge is 0.380 e. The van der Waals surface area contributed by atoms with Crippen LogP contribution < -0.4 is 16.0 Å². The highest BCUT2D eigenvalue weighted by atomic mass is 16.5. The lowest BCUT2D eigenvalue weighted by molar-refractivity contribution is 0.0756. The molecule has 0 bridgehead atoms. The minimum absolute atomic E-state index is 0.0150. The average molecular weight is 461 g/mol. The maximum atomic E-state index is 11.2. The Hall–Kier alpha value is -3.61. The van der Waals surface area contributed by atoms with Gasteiger partial charge in [0.1, 0.15) is 17.6 Å². The van der Waals surface area contributed by atoms with Gasteiger partial charge in [0.05, 0.1) is 24.2 Å². The van der Waals surface area contributed by atoms with Crippen molar-refractivity contribution < 1.29 is 9.53 Å². The molecule has 2 fully saturated rings. The van der Waals surface area contributed by atoms with E-state index in [1.807, 2.05) is 6.07 Å². The number of ether oxygens (including phenoxy) is 1. The number of nitrogens with one attached hydrogen (secondary N) is 3. The van der Waals surface area contributed by atoms with Gasteiger partial charge in [-0.3, -0.25) is 4.79 Å². The van der Waals surface area contributed by atoms with E-state index in [-0.39, 0.29) is 24.2 Å². The summed E-state index contributed by atoms with van der Waals surface area (Å²) in [5.74, 6) is 3.02. The molecule has 1 aliphatic heterocycles. The van der Waals surface area contributed by atoms with Gasteiger partial charge in [0.2, 0.25) is 0 Å². The van der Waals surface area contributed by atoms with Crippen molar-refractivity contribution in [2.75, 3.05) is 30.8 Å². The molecule has 1 saturated heterocycles. The first-order chi connectivity index (χ1) is 16.6. The number of hydrogen-bond acceptors (Lipinski definition) is 11. The third kappa shape index (κ3) is 7.47. The van der Waals surface area contributed by atoms with Gasteiger partial charge in [-0.15, -0.1) is 10.2 Å². The Bertz CT molecular complexity index is 1020. The van der Waals surface area contributed by atoms with E-state index in [2.05, 4.69) is 49.1 Å². The van der Waals surface area contributed by atoms with E-state index >= 15 is 0 Å². The molecular weight excluding hydrogens is 433 g/mol. The van der Waals surface area contributed by atoms with Gasteiger partial charge in [0.25, 0.3) is 6.71 Å². The highest BCUT2D eigenvalue weighted by molar-refractivity contribution is 6.67. The van der Waals surface area contributed by atoms with Crippen molar-refractivity contribution in [3.05, 3.63) is 29.8 Å². The van der Waals surface area contributed by atoms with Crippen LogP contribution in [0.1, 0.15) is 41.9 Å². The lowest BCUT2D eigenvalue weighted by atomic mass is 9.45. The van der Waals surface area contributed by atoms with Crippen LogP contribution in [-0.2, 0) is 4.74 Å². The summed E-state index contributed by atoms with van der Waals surface area (Å²) in [6, 6.07) is 4.36. The Balaban J connectivity index is 0.000000396. The second kappa shape index (κ2) is 13.2. The van der Waals surface area contributed by atoms with Gasteiger partial charge in [-0.05, 0) is 32.5 Å². The predicted octanol–water partition coefficient (Wildman–Crippen LogP) is 2.21. The van der Waals surface area contributed by atoms with Crippen LogP contribution >= 0.6 is 0 Å². The molecule has 4 rings (SSSR count). The maximum Gasteiger partial charge on any atom is 0.272 e. The topological polar surface area (TPSA) is 162 Å². The molecule has 0 radical (unpaired) electrons. The Morgan fingerprint density at radius 1 is 1.21 bits per heavy atom. The molecular formula is C22H28BN9O2. The number of nitriles is 2. The molecule has 1 saturated carbocycles. The van der Waals surface area contributed by atoms with E-state index in [9.17, 15) is 4.79 Å². The zero-order valence-corrected chi connectivity index (χ0v) is 19.2. The number of aromatic nitrogens is 4. The van der Waals surface area contributed by atoms with Crippen molar-refractivity contribution in [2.24, 2.45) is 0 Å². The molecule has 12 heteroatoms. The molecule has 11 nitrogen and oxygen atoms in total. The highest BCUT2D eigenvalue weighted by Crippen LogP contribution is 2.20. The molecule has 34 heavy (non-hydrogen) atoms. The fourth-order valence-corrected chi connectivity index (χ4v) is 3.85. The Kier molecular flexibility index (Phi) is 9.71. The fourth-order valence-electron chi connectivity index (χ4n) is 3.85. The first-order valence-corrected chi connectivity index (χ1v) is 11.4. The van der Waals surface area contributed by atoms with Crippen molar-refractivity contribution in [1.82, 2.24) is 25.5 Å². The summed E-state index contributed by atoms with van der Waals surface area (Å²) in [6.07, 6.45) is 10.3. The van der Waals surface area contributed by atoms with E-state index in [1.54, 1.807) is 6.07 Å². The zero-order valence-electron chi connectivity index (χ0n) is 19.2. The van der Waals surface area contributed by atoms with E-state index in [0.29, 0.717) is 43.1 Å². The van der Waals surface area contributed by atoms with Gasteiger partial charge in [-0.2, -0.15) is 5.26 Å². The molecule has 3 heterocycles. The van der Waals surface area contributed by atoms with Gasteiger partial charge in [0, 0.05) is 31.2 Å². The van der Waals surface area contributed by atoms with Crippen molar-refractivity contribution in [3.63, 3.8) is 0 Å². The summed E-state index contributed by atoms with van der Waals surface area (Å²) in [5.41, 5.74) is 0.860. The molecule has 2 aromatic rings. The molecule has 176 valence electrons. The molecule has 1 aliphatic carbocycles. The molecule has 0 spiro atoms. The maximum absolute atomic E-state index is 11.2. The number of rotatable bonds is 7.